The van der Waals surface area contributed by atoms with Gasteiger partial charge in [-0.1, -0.05) is 57.4 Å². The molecule has 0 aliphatic carbocycles. The second kappa shape index (κ2) is 9.51. The van der Waals surface area contributed by atoms with Crippen molar-refractivity contribution in [2.24, 2.45) is 0 Å². The van der Waals surface area contributed by atoms with Crippen LogP contribution in [0.1, 0.15) is 27.8 Å². The molecule has 0 aliphatic rings. The summed E-state index contributed by atoms with van der Waals surface area (Å²) in [6, 6.07) is 19.5. The van der Waals surface area contributed by atoms with Gasteiger partial charge in [-0.3, -0.25) is 4.79 Å². The summed E-state index contributed by atoms with van der Waals surface area (Å²) < 4.78 is 13.9. The van der Waals surface area contributed by atoms with Crippen molar-refractivity contribution < 1.29 is 9.18 Å². The minimum absolute atomic E-state index is 0.0340. The normalized spacial score (nSPS) is 11.1. The maximum absolute atomic E-state index is 13.0. The summed E-state index contributed by atoms with van der Waals surface area (Å²) >= 11 is 3.60. The molecule has 0 radical (unpaired) electrons. The molecule has 3 aromatic rings. The van der Waals surface area contributed by atoms with Crippen molar-refractivity contribution in [2.45, 2.75) is 20.3 Å². The zero-order valence-electron chi connectivity index (χ0n) is 16.7. The molecule has 0 saturated heterocycles. The van der Waals surface area contributed by atoms with Crippen molar-refractivity contribution in [1.82, 2.24) is 0 Å². The van der Waals surface area contributed by atoms with Crippen LogP contribution in [-0.4, -0.2) is 5.91 Å². The van der Waals surface area contributed by atoms with Gasteiger partial charge >= 0.3 is 0 Å². The molecule has 0 atom stereocenters. The maximum atomic E-state index is 13.0. The fraction of sp³-hybridized carbons (Fsp3) is 0.120. The Morgan fingerprint density at radius 3 is 2.33 bits per heavy atom. The highest BCUT2D eigenvalue weighted by atomic mass is 79.9. The van der Waals surface area contributed by atoms with E-state index in [1.807, 2.05) is 24.3 Å². The Labute approximate surface area is 184 Å². The molecule has 0 bridgehead atoms. The third-order valence-corrected chi connectivity index (χ3v) is 5.27. The highest BCUT2D eigenvalue weighted by Gasteiger charge is 2.11. The molecule has 0 unspecified atom stereocenters. The number of hydrogen-bond acceptors (Lipinski definition) is 2. The van der Waals surface area contributed by atoms with E-state index < -0.39 is 11.7 Å². The Hall–Kier alpha value is -3.23. The highest BCUT2D eigenvalue weighted by molar-refractivity contribution is 9.10. The molecule has 1 N–H and O–H groups in total. The predicted octanol–water partition coefficient (Wildman–Crippen LogP) is 6.34. The Morgan fingerprint density at radius 2 is 1.73 bits per heavy atom. The van der Waals surface area contributed by atoms with E-state index in [-0.39, 0.29) is 5.57 Å². The van der Waals surface area contributed by atoms with Crippen LogP contribution in [0.5, 0.6) is 0 Å². The minimum atomic E-state index is -0.542. The number of aryl methyl sites for hydroxylation is 2. The number of carbonyl (C=O) groups excluding carboxylic acids is 1. The number of nitriles is 1. The van der Waals surface area contributed by atoms with Crippen LogP contribution >= 0.6 is 15.9 Å². The van der Waals surface area contributed by atoms with Gasteiger partial charge in [0.15, 0.2) is 0 Å². The largest absolute Gasteiger partial charge is 0.321 e. The van der Waals surface area contributed by atoms with E-state index in [0.29, 0.717) is 5.69 Å². The molecule has 3 aromatic carbocycles. The van der Waals surface area contributed by atoms with Crippen LogP contribution in [0.4, 0.5) is 10.1 Å². The van der Waals surface area contributed by atoms with E-state index in [9.17, 15) is 14.4 Å². The van der Waals surface area contributed by atoms with Crippen molar-refractivity contribution in [1.29, 1.82) is 5.26 Å². The zero-order valence-corrected chi connectivity index (χ0v) is 18.3. The van der Waals surface area contributed by atoms with Crippen molar-refractivity contribution in [3.05, 3.63) is 104 Å². The summed E-state index contributed by atoms with van der Waals surface area (Å²) in [6.45, 7) is 4.17. The molecule has 0 fully saturated rings. The van der Waals surface area contributed by atoms with Crippen molar-refractivity contribution >= 4 is 33.6 Å². The standard InChI is InChI=1S/C25H20BrFN2O/c1-16-9-17(2)11-19(10-16)13-20-4-3-18(14-24(20)26)12-21(15-28)25(30)29-23-7-5-22(27)6-8-23/h3-12,14H,13H2,1-2H3,(H,29,30)/b21-12+. The molecule has 150 valence electrons. The fourth-order valence-electron chi connectivity index (χ4n) is 3.23. The quantitative estimate of drug-likeness (QED) is 0.355. The van der Waals surface area contributed by atoms with Gasteiger partial charge < -0.3 is 5.32 Å². The summed E-state index contributed by atoms with van der Waals surface area (Å²) in [4.78, 5) is 12.4. The molecule has 3 rings (SSSR count). The Morgan fingerprint density at radius 1 is 1.07 bits per heavy atom. The van der Waals surface area contributed by atoms with Gasteiger partial charge in [-0.2, -0.15) is 5.26 Å². The van der Waals surface area contributed by atoms with E-state index in [4.69, 9.17) is 0 Å². The van der Waals surface area contributed by atoms with Crippen LogP contribution in [0.15, 0.2) is 70.7 Å². The van der Waals surface area contributed by atoms with Gasteiger partial charge in [0.05, 0.1) is 0 Å². The van der Waals surface area contributed by atoms with E-state index >= 15 is 0 Å². The number of carbonyl (C=O) groups is 1. The van der Waals surface area contributed by atoms with Crippen molar-refractivity contribution in [3.63, 3.8) is 0 Å². The average molecular weight is 463 g/mol. The van der Waals surface area contributed by atoms with Crippen molar-refractivity contribution in [3.8, 4) is 6.07 Å². The number of anilines is 1. The van der Waals surface area contributed by atoms with Crippen LogP contribution in [0.3, 0.4) is 0 Å². The lowest BCUT2D eigenvalue weighted by atomic mass is 9.99. The maximum Gasteiger partial charge on any atom is 0.266 e. The zero-order chi connectivity index (χ0) is 21.7. The molecular formula is C25H20BrFN2O. The summed E-state index contributed by atoms with van der Waals surface area (Å²) in [7, 11) is 0. The number of nitrogens with one attached hydrogen (secondary N) is 1. The number of benzene rings is 3. The molecule has 5 heteroatoms. The molecule has 1 amide bonds. The van der Waals surface area contributed by atoms with Crippen LogP contribution in [0.2, 0.25) is 0 Å². The molecular weight excluding hydrogens is 443 g/mol. The molecule has 3 nitrogen and oxygen atoms in total. The third-order valence-electron chi connectivity index (χ3n) is 4.53. The third kappa shape index (κ3) is 5.65. The Kier molecular flexibility index (Phi) is 6.81. The monoisotopic (exact) mass is 462 g/mol. The first kappa shape index (κ1) is 21.5. The van der Waals surface area contributed by atoms with Gasteiger partial charge in [-0.25, -0.2) is 4.39 Å². The first-order valence-corrected chi connectivity index (χ1v) is 10.2. The Bertz CT molecular complexity index is 1140. The number of rotatable bonds is 5. The lowest BCUT2D eigenvalue weighted by Gasteiger charge is -2.09. The Balaban J connectivity index is 1.78. The van der Waals surface area contributed by atoms with E-state index in [0.717, 1.165) is 22.0 Å². The first-order valence-electron chi connectivity index (χ1n) is 9.38. The van der Waals surface area contributed by atoms with Gasteiger partial charge in [0, 0.05) is 10.2 Å². The average Bonchev–Trinajstić information content (AvgIpc) is 2.69. The number of hydrogen-bond donors (Lipinski definition) is 1. The van der Waals surface area contributed by atoms with Gasteiger partial charge in [-0.05, 0) is 73.4 Å². The number of nitrogens with zero attached hydrogens (tertiary/aromatic N) is 1. The van der Waals surface area contributed by atoms with Gasteiger partial charge in [0.1, 0.15) is 17.5 Å². The lowest BCUT2D eigenvalue weighted by Crippen LogP contribution is -2.13. The molecule has 0 spiro atoms. The SMILES string of the molecule is Cc1cc(C)cc(Cc2ccc(/C=C(\C#N)C(=O)Nc3ccc(F)cc3)cc2Br)c1. The minimum Gasteiger partial charge on any atom is -0.321 e. The van der Waals surface area contributed by atoms with Gasteiger partial charge in [0.2, 0.25) is 0 Å². The van der Waals surface area contributed by atoms with E-state index in [1.165, 1.54) is 47.0 Å². The molecule has 30 heavy (non-hydrogen) atoms. The summed E-state index contributed by atoms with van der Waals surface area (Å²) in [5.41, 5.74) is 5.93. The van der Waals surface area contributed by atoms with E-state index in [2.05, 4.69) is 53.3 Å². The second-order valence-corrected chi connectivity index (χ2v) is 8.01. The van der Waals surface area contributed by atoms with E-state index in [1.54, 1.807) is 0 Å². The van der Waals surface area contributed by atoms with Crippen molar-refractivity contribution in [2.75, 3.05) is 5.32 Å². The summed E-state index contributed by atoms with van der Waals surface area (Å²) in [6.07, 6.45) is 2.31. The summed E-state index contributed by atoms with van der Waals surface area (Å²) in [5, 5.41) is 12.0. The van der Waals surface area contributed by atoms with Crippen LogP contribution in [0, 0.1) is 31.0 Å². The molecule has 0 aromatic heterocycles. The number of halogens is 2. The molecule has 0 aliphatic heterocycles. The molecule has 0 saturated carbocycles. The highest BCUT2D eigenvalue weighted by Crippen LogP contribution is 2.24. The van der Waals surface area contributed by atoms with Gasteiger partial charge in [0.25, 0.3) is 5.91 Å². The number of amides is 1. The molecule has 0 heterocycles. The topological polar surface area (TPSA) is 52.9 Å². The predicted molar refractivity (Wildman–Crippen MR) is 121 cm³/mol. The van der Waals surface area contributed by atoms with Crippen LogP contribution < -0.4 is 5.32 Å². The van der Waals surface area contributed by atoms with Crippen LogP contribution in [0.25, 0.3) is 6.08 Å². The smallest absolute Gasteiger partial charge is 0.266 e. The lowest BCUT2D eigenvalue weighted by molar-refractivity contribution is -0.112. The van der Waals surface area contributed by atoms with Crippen LogP contribution in [-0.2, 0) is 11.2 Å². The second-order valence-electron chi connectivity index (χ2n) is 7.15. The summed E-state index contributed by atoms with van der Waals surface area (Å²) in [5.74, 6) is -0.936. The fourth-order valence-corrected chi connectivity index (χ4v) is 3.77. The van der Waals surface area contributed by atoms with Gasteiger partial charge in [-0.15, -0.1) is 0 Å². The first-order chi connectivity index (χ1) is 14.3.